The monoisotopic (exact) mass is 443 g/mol. The van der Waals surface area contributed by atoms with E-state index >= 15 is 0 Å². The number of nitrogens with one attached hydrogen (secondary N) is 2. The quantitative estimate of drug-likeness (QED) is 0.514. The molecule has 0 bridgehead atoms. The first-order valence-corrected chi connectivity index (χ1v) is 10.6. The van der Waals surface area contributed by atoms with Gasteiger partial charge in [-0.05, 0) is 29.8 Å². The zero-order valence-electron chi connectivity index (χ0n) is 16.4. The summed E-state index contributed by atoms with van der Waals surface area (Å²) in [6, 6.07) is 13.2. The number of carboxylic acids is 1. The van der Waals surface area contributed by atoms with E-state index in [1.807, 2.05) is 6.07 Å². The van der Waals surface area contributed by atoms with Gasteiger partial charge in [0.2, 0.25) is 5.91 Å². The largest absolute Gasteiger partial charge is 0.480 e. The van der Waals surface area contributed by atoms with Crippen LogP contribution in [0, 0.1) is 0 Å². The van der Waals surface area contributed by atoms with Gasteiger partial charge in [-0.2, -0.15) is 0 Å². The number of hydrogen-bond donors (Lipinski definition) is 4. The molecule has 1 aliphatic rings. The third kappa shape index (κ3) is 5.76. The normalized spacial score (nSPS) is 16.4. The van der Waals surface area contributed by atoms with E-state index in [1.54, 1.807) is 48.5 Å². The van der Waals surface area contributed by atoms with E-state index in [0.717, 1.165) is 4.90 Å². The Morgan fingerprint density at radius 2 is 1.71 bits per heavy atom. The molecule has 1 fully saturated rings. The van der Waals surface area contributed by atoms with Crippen molar-refractivity contribution in [3.63, 3.8) is 0 Å². The van der Waals surface area contributed by atoms with Gasteiger partial charge in [-0.25, -0.2) is 9.59 Å². The Balaban J connectivity index is 1.61. The van der Waals surface area contributed by atoms with Gasteiger partial charge in [-0.15, -0.1) is 11.8 Å². The summed E-state index contributed by atoms with van der Waals surface area (Å²) in [6.45, 7) is 0. The van der Waals surface area contributed by atoms with Gasteiger partial charge in [-0.1, -0.05) is 30.3 Å². The van der Waals surface area contributed by atoms with Crippen LogP contribution < -0.4 is 10.6 Å². The lowest BCUT2D eigenvalue weighted by Gasteiger charge is -2.22. The Kier molecular flexibility index (Phi) is 7.14. The molecule has 162 valence electrons. The van der Waals surface area contributed by atoms with Crippen LogP contribution in [0.25, 0.3) is 0 Å². The van der Waals surface area contributed by atoms with Crippen LogP contribution in [-0.4, -0.2) is 62.7 Å². The van der Waals surface area contributed by atoms with E-state index in [2.05, 4.69) is 10.6 Å². The maximum absolute atomic E-state index is 12.4. The van der Waals surface area contributed by atoms with Gasteiger partial charge < -0.3 is 20.8 Å². The highest BCUT2D eigenvalue weighted by Gasteiger charge is 2.36. The molecule has 2 aromatic carbocycles. The molecule has 2 atom stereocenters. The lowest BCUT2D eigenvalue weighted by atomic mass is 10.0. The van der Waals surface area contributed by atoms with E-state index < -0.39 is 30.1 Å². The predicted molar refractivity (Wildman–Crippen MR) is 115 cm³/mol. The first kappa shape index (κ1) is 22.2. The number of hydrogen-bond acceptors (Lipinski definition) is 5. The summed E-state index contributed by atoms with van der Waals surface area (Å²) in [5.74, 6) is -1.67. The maximum atomic E-state index is 12.4. The van der Waals surface area contributed by atoms with E-state index in [9.17, 15) is 24.3 Å². The van der Waals surface area contributed by atoms with Crippen molar-refractivity contribution in [2.24, 2.45) is 0 Å². The SMILES string of the molecule is O=C(Nc1ccc(C[C@H](NC(=O)[C@H]2CSCN2C(=O)O)C(=O)O)cc1)c1ccccc1. The fourth-order valence-corrected chi connectivity index (χ4v) is 4.22. The summed E-state index contributed by atoms with van der Waals surface area (Å²) in [4.78, 5) is 48.5. The van der Waals surface area contributed by atoms with E-state index in [0.29, 0.717) is 16.8 Å². The summed E-state index contributed by atoms with van der Waals surface area (Å²) in [7, 11) is 0. The van der Waals surface area contributed by atoms with E-state index in [4.69, 9.17) is 5.11 Å². The number of amides is 3. The first-order chi connectivity index (χ1) is 14.8. The number of anilines is 1. The van der Waals surface area contributed by atoms with Gasteiger partial charge in [0.05, 0.1) is 5.88 Å². The molecule has 0 radical (unpaired) electrons. The van der Waals surface area contributed by atoms with Crippen LogP contribution in [0.4, 0.5) is 10.5 Å². The second kappa shape index (κ2) is 9.98. The van der Waals surface area contributed by atoms with Crippen LogP contribution in [0.15, 0.2) is 54.6 Å². The molecule has 0 aromatic heterocycles. The minimum absolute atomic E-state index is 0.0148. The van der Waals surface area contributed by atoms with Crippen molar-refractivity contribution in [2.45, 2.75) is 18.5 Å². The van der Waals surface area contributed by atoms with Crippen molar-refractivity contribution in [1.82, 2.24) is 10.2 Å². The Morgan fingerprint density at radius 1 is 1.03 bits per heavy atom. The van der Waals surface area contributed by atoms with Crippen LogP contribution in [-0.2, 0) is 16.0 Å². The van der Waals surface area contributed by atoms with Crippen LogP contribution in [0.3, 0.4) is 0 Å². The third-order valence-corrected chi connectivity index (χ3v) is 5.75. The molecular formula is C21H21N3O6S. The summed E-state index contributed by atoms with van der Waals surface area (Å²) in [5.41, 5.74) is 1.70. The minimum Gasteiger partial charge on any atom is -0.480 e. The third-order valence-electron chi connectivity index (χ3n) is 4.73. The number of benzene rings is 2. The molecule has 0 aliphatic carbocycles. The Labute approximate surface area is 182 Å². The number of carboxylic acid groups (broad SMARTS) is 2. The zero-order valence-corrected chi connectivity index (χ0v) is 17.2. The molecule has 0 unspecified atom stereocenters. The van der Waals surface area contributed by atoms with Crippen molar-refractivity contribution in [3.8, 4) is 0 Å². The molecule has 9 nitrogen and oxygen atoms in total. The second-order valence-corrected chi connectivity index (χ2v) is 7.89. The highest BCUT2D eigenvalue weighted by molar-refractivity contribution is 7.99. The lowest BCUT2D eigenvalue weighted by molar-refractivity contribution is -0.142. The highest BCUT2D eigenvalue weighted by atomic mass is 32.2. The van der Waals surface area contributed by atoms with Gasteiger partial charge in [0, 0.05) is 23.4 Å². The number of aliphatic carboxylic acids is 1. The zero-order chi connectivity index (χ0) is 22.4. The molecule has 3 amide bonds. The molecular weight excluding hydrogens is 422 g/mol. The highest BCUT2D eigenvalue weighted by Crippen LogP contribution is 2.21. The van der Waals surface area contributed by atoms with Gasteiger partial charge in [-0.3, -0.25) is 14.5 Å². The molecule has 4 N–H and O–H groups in total. The van der Waals surface area contributed by atoms with E-state index in [1.165, 1.54) is 11.8 Å². The van der Waals surface area contributed by atoms with Crippen molar-refractivity contribution in [1.29, 1.82) is 0 Å². The second-order valence-electron chi connectivity index (χ2n) is 6.89. The molecule has 31 heavy (non-hydrogen) atoms. The van der Waals surface area contributed by atoms with Crippen LogP contribution >= 0.6 is 11.8 Å². The van der Waals surface area contributed by atoms with Crippen LogP contribution in [0.2, 0.25) is 0 Å². The maximum Gasteiger partial charge on any atom is 0.408 e. The molecule has 1 heterocycles. The number of carbonyl (C=O) groups excluding carboxylic acids is 2. The molecule has 2 aromatic rings. The molecule has 1 saturated heterocycles. The summed E-state index contributed by atoms with van der Waals surface area (Å²) < 4.78 is 0. The van der Waals surface area contributed by atoms with E-state index in [-0.39, 0.29) is 24.0 Å². The van der Waals surface area contributed by atoms with Crippen molar-refractivity contribution >= 4 is 41.3 Å². The van der Waals surface area contributed by atoms with Crippen LogP contribution in [0.5, 0.6) is 0 Å². The molecule has 3 rings (SSSR count). The Hall–Kier alpha value is -3.53. The number of rotatable bonds is 7. The van der Waals surface area contributed by atoms with Gasteiger partial charge in [0.15, 0.2) is 0 Å². The average Bonchev–Trinajstić information content (AvgIpc) is 3.25. The molecule has 10 heteroatoms. The smallest absolute Gasteiger partial charge is 0.408 e. The average molecular weight is 443 g/mol. The molecule has 0 saturated carbocycles. The number of nitrogens with zero attached hydrogens (tertiary/aromatic N) is 1. The van der Waals surface area contributed by atoms with Crippen molar-refractivity contribution in [2.75, 3.05) is 16.9 Å². The Morgan fingerprint density at radius 3 is 2.32 bits per heavy atom. The summed E-state index contributed by atoms with van der Waals surface area (Å²) >= 11 is 1.29. The lowest BCUT2D eigenvalue weighted by Crippen LogP contribution is -2.52. The van der Waals surface area contributed by atoms with Gasteiger partial charge >= 0.3 is 12.1 Å². The standard InChI is InChI=1S/C21H21N3O6S/c25-18(14-4-2-1-3-5-14)22-15-8-6-13(7-9-15)10-16(20(27)28)23-19(26)17-11-31-12-24(17)21(29)30/h1-9,16-17H,10-12H2,(H,22,25)(H,23,26)(H,27,28)(H,29,30)/t16-,17+/m0/s1. The molecule has 0 spiro atoms. The number of thioether (sulfide) groups is 1. The van der Waals surface area contributed by atoms with Crippen molar-refractivity contribution < 1.29 is 29.4 Å². The summed E-state index contributed by atoms with van der Waals surface area (Å²) in [6.07, 6.45) is -1.20. The Bertz CT molecular complexity index is 967. The number of carbonyl (C=O) groups is 4. The summed E-state index contributed by atoms with van der Waals surface area (Å²) in [5, 5.41) is 23.8. The van der Waals surface area contributed by atoms with Crippen molar-refractivity contribution in [3.05, 3.63) is 65.7 Å². The fourth-order valence-electron chi connectivity index (χ4n) is 3.07. The van der Waals surface area contributed by atoms with Gasteiger partial charge in [0.1, 0.15) is 12.1 Å². The fraction of sp³-hybridized carbons (Fsp3) is 0.238. The molecule has 1 aliphatic heterocycles. The van der Waals surface area contributed by atoms with Crippen LogP contribution in [0.1, 0.15) is 15.9 Å². The predicted octanol–water partition coefficient (Wildman–Crippen LogP) is 2.10. The minimum atomic E-state index is -1.22. The first-order valence-electron chi connectivity index (χ1n) is 9.41. The topological polar surface area (TPSA) is 136 Å². The van der Waals surface area contributed by atoms with Gasteiger partial charge in [0.25, 0.3) is 5.91 Å².